The van der Waals surface area contributed by atoms with E-state index in [0.717, 1.165) is 3.70 Å². The van der Waals surface area contributed by atoms with E-state index in [-0.39, 0.29) is 11.9 Å². The molecule has 0 fully saturated rings. The van der Waals surface area contributed by atoms with Gasteiger partial charge in [0.2, 0.25) is 0 Å². The summed E-state index contributed by atoms with van der Waals surface area (Å²) in [5.41, 5.74) is 0.636. The van der Waals surface area contributed by atoms with E-state index in [4.69, 9.17) is 0 Å². The van der Waals surface area contributed by atoms with Crippen molar-refractivity contribution < 1.29 is 4.79 Å². The Balaban J connectivity index is 2.83. The van der Waals surface area contributed by atoms with Crippen LogP contribution in [0.5, 0.6) is 0 Å². The molecule has 0 atom stereocenters. The van der Waals surface area contributed by atoms with Gasteiger partial charge in [0.1, 0.15) is 3.70 Å². The van der Waals surface area contributed by atoms with Gasteiger partial charge in [-0.25, -0.2) is 4.98 Å². The van der Waals surface area contributed by atoms with Crippen LogP contribution in [0.2, 0.25) is 0 Å². The molecule has 1 N–H and O–H groups in total. The summed E-state index contributed by atoms with van der Waals surface area (Å²) in [4.78, 5) is 15.6. The summed E-state index contributed by atoms with van der Waals surface area (Å²) in [6, 6.07) is 3.69. The lowest BCUT2D eigenvalue weighted by Crippen LogP contribution is -2.30. The molecule has 0 saturated carbocycles. The average molecular weight is 290 g/mol. The first-order chi connectivity index (χ1) is 6.11. The first-order valence-corrected chi connectivity index (χ1v) is 5.10. The van der Waals surface area contributed by atoms with Crippen LogP contribution >= 0.6 is 22.6 Å². The summed E-state index contributed by atoms with van der Waals surface area (Å²) in [5.74, 6) is -0.0625. The van der Waals surface area contributed by atoms with Crippen LogP contribution < -0.4 is 5.32 Å². The molecular formula is C9H11IN2O. The van der Waals surface area contributed by atoms with Gasteiger partial charge in [0.25, 0.3) is 5.91 Å². The van der Waals surface area contributed by atoms with Gasteiger partial charge in [0.15, 0.2) is 0 Å². The Hall–Kier alpha value is -0.650. The molecule has 0 spiro atoms. The third kappa shape index (κ3) is 2.95. The van der Waals surface area contributed by atoms with E-state index in [2.05, 4.69) is 32.9 Å². The molecule has 1 aromatic heterocycles. The maximum absolute atomic E-state index is 11.5. The third-order valence-corrected chi connectivity index (χ3v) is 2.28. The number of aromatic nitrogens is 1. The fourth-order valence-corrected chi connectivity index (χ4v) is 1.48. The smallest absolute Gasteiger partial charge is 0.254 e. The van der Waals surface area contributed by atoms with E-state index < -0.39 is 0 Å². The molecule has 0 aliphatic carbocycles. The van der Waals surface area contributed by atoms with Gasteiger partial charge in [0.05, 0.1) is 5.56 Å². The standard InChI is InChI=1S/C9H11IN2O/c1-6(2)12-9(13)7-4-3-5-11-8(7)10/h3-6H,1-2H3,(H,12,13). The fraction of sp³-hybridized carbons (Fsp3) is 0.333. The van der Waals surface area contributed by atoms with E-state index in [1.807, 2.05) is 13.8 Å². The van der Waals surface area contributed by atoms with E-state index in [9.17, 15) is 4.79 Å². The molecule has 1 aromatic rings. The van der Waals surface area contributed by atoms with Gasteiger partial charge in [0, 0.05) is 12.2 Å². The van der Waals surface area contributed by atoms with Crippen LogP contribution in [-0.4, -0.2) is 16.9 Å². The van der Waals surface area contributed by atoms with E-state index in [1.165, 1.54) is 0 Å². The topological polar surface area (TPSA) is 42.0 Å². The normalized spacial score (nSPS) is 10.2. The minimum absolute atomic E-state index is 0.0625. The summed E-state index contributed by atoms with van der Waals surface area (Å²) in [7, 11) is 0. The highest BCUT2D eigenvalue weighted by atomic mass is 127. The van der Waals surface area contributed by atoms with Crippen LogP contribution in [0, 0.1) is 3.70 Å². The third-order valence-electron chi connectivity index (χ3n) is 1.42. The summed E-state index contributed by atoms with van der Waals surface area (Å²) >= 11 is 2.05. The highest BCUT2D eigenvalue weighted by molar-refractivity contribution is 14.1. The molecule has 0 aromatic carbocycles. The zero-order chi connectivity index (χ0) is 9.84. The second kappa shape index (κ2) is 4.55. The molecule has 0 aliphatic heterocycles. The number of amides is 1. The Bertz CT molecular complexity index is 312. The molecule has 1 amide bonds. The van der Waals surface area contributed by atoms with Crippen molar-refractivity contribution in [3.8, 4) is 0 Å². The maximum atomic E-state index is 11.5. The molecule has 0 unspecified atom stereocenters. The predicted molar refractivity (Wildman–Crippen MR) is 59.6 cm³/mol. The second-order valence-electron chi connectivity index (χ2n) is 2.97. The van der Waals surface area contributed by atoms with Crippen LogP contribution in [0.3, 0.4) is 0 Å². The number of pyridine rings is 1. The van der Waals surface area contributed by atoms with Gasteiger partial charge < -0.3 is 5.32 Å². The lowest BCUT2D eigenvalue weighted by Gasteiger charge is -2.08. The van der Waals surface area contributed by atoms with Gasteiger partial charge in [-0.2, -0.15) is 0 Å². The van der Waals surface area contributed by atoms with Crippen molar-refractivity contribution in [3.05, 3.63) is 27.6 Å². The van der Waals surface area contributed by atoms with E-state index >= 15 is 0 Å². The number of hydrogen-bond acceptors (Lipinski definition) is 2. The number of carbonyl (C=O) groups is 1. The first-order valence-electron chi connectivity index (χ1n) is 4.02. The van der Waals surface area contributed by atoms with Crippen molar-refractivity contribution >= 4 is 28.5 Å². The average Bonchev–Trinajstić information content (AvgIpc) is 2.03. The first kappa shape index (κ1) is 10.4. The summed E-state index contributed by atoms with van der Waals surface area (Å²) in [6.45, 7) is 3.86. The monoisotopic (exact) mass is 290 g/mol. The van der Waals surface area contributed by atoms with Crippen LogP contribution in [-0.2, 0) is 0 Å². The molecule has 0 bridgehead atoms. The zero-order valence-corrected chi connectivity index (χ0v) is 9.70. The second-order valence-corrected chi connectivity index (χ2v) is 3.99. The highest BCUT2D eigenvalue weighted by Crippen LogP contribution is 2.07. The highest BCUT2D eigenvalue weighted by Gasteiger charge is 2.10. The fourth-order valence-electron chi connectivity index (χ4n) is 0.895. The molecule has 1 rings (SSSR count). The maximum Gasteiger partial charge on any atom is 0.254 e. The molecule has 0 saturated heterocycles. The molecule has 0 aliphatic rings. The number of nitrogens with zero attached hydrogens (tertiary/aromatic N) is 1. The van der Waals surface area contributed by atoms with Crippen molar-refractivity contribution in [2.24, 2.45) is 0 Å². The van der Waals surface area contributed by atoms with Gasteiger partial charge in [-0.05, 0) is 48.6 Å². The Morgan fingerprint density at radius 3 is 2.85 bits per heavy atom. The Morgan fingerprint density at radius 2 is 2.31 bits per heavy atom. The van der Waals surface area contributed by atoms with Crippen molar-refractivity contribution in [1.82, 2.24) is 10.3 Å². The molecule has 70 valence electrons. The molecule has 0 radical (unpaired) electrons. The number of rotatable bonds is 2. The van der Waals surface area contributed by atoms with Crippen molar-refractivity contribution in [2.75, 3.05) is 0 Å². The van der Waals surface area contributed by atoms with Crippen molar-refractivity contribution in [1.29, 1.82) is 0 Å². The lowest BCUT2D eigenvalue weighted by molar-refractivity contribution is 0.0942. The van der Waals surface area contributed by atoms with Crippen LogP contribution in [0.4, 0.5) is 0 Å². The van der Waals surface area contributed by atoms with Crippen LogP contribution in [0.1, 0.15) is 24.2 Å². The number of nitrogens with one attached hydrogen (secondary N) is 1. The lowest BCUT2D eigenvalue weighted by atomic mass is 10.2. The number of carbonyl (C=O) groups excluding carboxylic acids is 1. The van der Waals surface area contributed by atoms with Crippen molar-refractivity contribution in [2.45, 2.75) is 19.9 Å². The Morgan fingerprint density at radius 1 is 1.62 bits per heavy atom. The zero-order valence-electron chi connectivity index (χ0n) is 7.54. The van der Waals surface area contributed by atoms with Gasteiger partial charge in [-0.3, -0.25) is 4.79 Å². The summed E-state index contributed by atoms with van der Waals surface area (Å²) < 4.78 is 0.734. The van der Waals surface area contributed by atoms with Gasteiger partial charge in [-0.1, -0.05) is 0 Å². The minimum atomic E-state index is -0.0625. The largest absolute Gasteiger partial charge is 0.350 e. The SMILES string of the molecule is CC(C)NC(=O)c1cccnc1I. The van der Waals surface area contributed by atoms with Gasteiger partial charge >= 0.3 is 0 Å². The van der Waals surface area contributed by atoms with Crippen LogP contribution in [0.15, 0.2) is 18.3 Å². The molecule has 3 nitrogen and oxygen atoms in total. The number of halogens is 1. The Kier molecular flexibility index (Phi) is 3.65. The molecule has 1 heterocycles. The van der Waals surface area contributed by atoms with Gasteiger partial charge in [-0.15, -0.1) is 0 Å². The predicted octanol–water partition coefficient (Wildman–Crippen LogP) is 1.82. The van der Waals surface area contributed by atoms with E-state index in [0.29, 0.717) is 5.56 Å². The minimum Gasteiger partial charge on any atom is -0.350 e. The number of hydrogen-bond donors (Lipinski definition) is 1. The Labute approximate surface area is 91.1 Å². The summed E-state index contributed by atoms with van der Waals surface area (Å²) in [6.07, 6.45) is 1.67. The molecule has 13 heavy (non-hydrogen) atoms. The quantitative estimate of drug-likeness (QED) is 0.667. The van der Waals surface area contributed by atoms with Crippen molar-refractivity contribution in [3.63, 3.8) is 0 Å². The summed E-state index contributed by atoms with van der Waals surface area (Å²) in [5, 5.41) is 2.82. The van der Waals surface area contributed by atoms with Crippen LogP contribution in [0.25, 0.3) is 0 Å². The molecule has 4 heteroatoms. The molecular weight excluding hydrogens is 279 g/mol. The van der Waals surface area contributed by atoms with E-state index in [1.54, 1.807) is 18.3 Å².